The molecule has 0 aliphatic rings. The predicted octanol–water partition coefficient (Wildman–Crippen LogP) is 1.52. The Morgan fingerprint density at radius 2 is 0.278 bits per heavy atom. The second kappa shape index (κ2) is 83.8. The van der Waals surface area contributed by atoms with Gasteiger partial charge in [-0.05, 0) is 48.5 Å². The molecule has 0 amide bonds. The number of aliphatic hydroxyl groups is 2. The van der Waals surface area contributed by atoms with Crippen molar-refractivity contribution >= 4 is 87.2 Å². The molecular formula is C54H60N8O22V6-20. The van der Waals surface area contributed by atoms with Crippen LogP contribution in [0.1, 0.15) is 0 Å². The van der Waals surface area contributed by atoms with Gasteiger partial charge in [0.1, 0.15) is 0 Å². The van der Waals surface area contributed by atoms with Crippen molar-refractivity contribution in [1.82, 2.24) is 39.9 Å². The summed E-state index contributed by atoms with van der Waals surface area (Å²) in [5.41, 5.74) is 7.82. The van der Waals surface area contributed by atoms with E-state index in [-0.39, 0.29) is 199 Å². The van der Waals surface area contributed by atoms with Crippen molar-refractivity contribution < 1.29 is 230 Å². The number of benzene rings is 4. The molecule has 0 saturated heterocycles. The monoisotopic (exact) mass is 1480 g/mol. The molecule has 0 atom stereocenters. The molecule has 0 aliphatic heterocycles. The van der Waals surface area contributed by atoms with Crippen LogP contribution in [0.5, 0.6) is 0 Å². The average Bonchev–Trinajstić information content (AvgIpc) is 3.46. The standard InChI is InChI=1S/4C12H8N2.2CH4O.4CH3O.4H2O.12O.6V/c4*1-3-9-5-6-10-4-2-8-14-12(10)11(9)13-7-1;6*1-2;;;;;;;;;;;;;;;;;;;;;;/h4*1-8H;2*2H,1H3;4*1H3;4*1H2;;;;;;;;;;;;;;;;;;/q;;;;;;4*-1;;;;;12*-2;;;;;2*+4. The van der Waals surface area contributed by atoms with Gasteiger partial charge >= 0.3 is 37.1 Å². The minimum Gasteiger partial charge on any atom is -2.00 e. The number of hydrogen-bond acceptors (Lipinski definition) is 14. The van der Waals surface area contributed by atoms with Gasteiger partial charge in [-0.1, -0.05) is 97.1 Å². The van der Waals surface area contributed by atoms with Gasteiger partial charge < -0.3 is 118 Å². The summed E-state index contributed by atoms with van der Waals surface area (Å²) in [4.78, 5) is 34.8. The molecule has 30 nitrogen and oxygen atoms in total. The van der Waals surface area contributed by atoms with E-state index in [2.05, 4.69) is 137 Å². The normalized spacial score (nSPS) is 7.16. The number of rotatable bonds is 0. The van der Waals surface area contributed by atoms with E-state index in [0.717, 1.165) is 130 Å². The molecular weight excluding hydrogens is 1420 g/mol. The van der Waals surface area contributed by atoms with Crippen LogP contribution in [0, 0.1) is 0 Å². The van der Waals surface area contributed by atoms with E-state index in [1.54, 1.807) is 49.6 Å². The van der Waals surface area contributed by atoms with E-state index >= 15 is 0 Å². The van der Waals surface area contributed by atoms with E-state index in [9.17, 15) is 0 Å². The van der Waals surface area contributed by atoms with Crippen LogP contribution in [0.3, 0.4) is 0 Å². The fraction of sp³-hybridized carbons (Fsp3) is 0.111. The summed E-state index contributed by atoms with van der Waals surface area (Å²) in [5.74, 6) is 0. The smallest absolute Gasteiger partial charge is 2.00 e. The first-order valence-electron chi connectivity index (χ1n) is 20.7. The molecule has 0 unspecified atom stereocenters. The topological polar surface area (TPSA) is 704 Å². The van der Waals surface area contributed by atoms with Gasteiger partial charge in [-0.3, -0.25) is 39.9 Å². The van der Waals surface area contributed by atoms with Gasteiger partial charge in [0, 0.05) is 181 Å². The quantitative estimate of drug-likeness (QED) is 0.203. The largest absolute Gasteiger partial charge is 4.00 e. The van der Waals surface area contributed by atoms with Gasteiger partial charge in [-0.2, -0.15) is 28.4 Å². The number of fused-ring (bicyclic) bond motifs is 12. The summed E-state index contributed by atoms with van der Waals surface area (Å²) in [6.45, 7) is 0. The molecule has 498 valence electrons. The van der Waals surface area contributed by atoms with Crippen LogP contribution in [0.4, 0.5) is 0 Å². The summed E-state index contributed by atoms with van der Waals surface area (Å²) >= 11 is 0. The molecule has 8 aromatic heterocycles. The first-order chi connectivity index (χ1) is 33.8. The van der Waals surface area contributed by atoms with Gasteiger partial charge in [0.2, 0.25) is 0 Å². The van der Waals surface area contributed by atoms with E-state index in [0.29, 0.717) is 0 Å². The molecule has 90 heavy (non-hydrogen) atoms. The second-order valence-corrected chi connectivity index (χ2v) is 12.9. The van der Waals surface area contributed by atoms with E-state index in [1.165, 1.54) is 0 Å². The Kier molecular flexibility index (Phi) is 132. The molecule has 0 spiro atoms. The van der Waals surface area contributed by atoms with Crippen LogP contribution < -0.4 is 20.4 Å². The van der Waals surface area contributed by atoms with Gasteiger partial charge in [-0.25, -0.2) is 0 Å². The van der Waals surface area contributed by atoms with Gasteiger partial charge in [0.05, 0.1) is 44.1 Å². The van der Waals surface area contributed by atoms with Crippen molar-refractivity contribution in [3.05, 3.63) is 195 Å². The minimum atomic E-state index is 0. The molecule has 0 aliphatic carbocycles. The molecule has 0 saturated carbocycles. The van der Waals surface area contributed by atoms with Crippen molar-refractivity contribution in [1.29, 1.82) is 0 Å². The first-order valence-corrected chi connectivity index (χ1v) is 20.7. The number of nitrogens with zero attached hydrogens (tertiary/aromatic N) is 8. The Morgan fingerprint density at radius 1 is 0.200 bits per heavy atom. The summed E-state index contributed by atoms with van der Waals surface area (Å²) in [7, 11) is 5.00. The fourth-order valence-corrected chi connectivity index (χ4v) is 6.72. The maximum atomic E-state index is 8.25. The minimum absolute atomic E-state index is 0. The third-order valence-corrected chi connectivity index (χ3v) is 9.38. The maximum Gasteiger partial charge on any atom is 4.00 e. The van der Waals surface area contributed by atoms with Crippen LogP contribution in [-0.2, 0) is 177 Å². The summed E-state index contributed by atoms with van der Waals surface area (Å²) in [6.07, 6.45) is 14.4. The Morgan fingerprint density at radius 3 is 0.356 bits per heavy atom. The average molecular weight is 1480 g/mol. The zero-order chi connectivity index (χ0) is 49.5. The molecule has 12 aromatic rings. The zero-order valence-corrected chi connectivity index (χ0v) is 56.5. The molecule has 4 aromatic carbocycles. The Labute approximate surface area is 590 Å². The summed E-state index contributed by atoms with van der Waals surface area (Å²) in [5, 5.41) is 56.1. The van der Waals surface area contributed by atoms with Crippen LogP contribution in [-0.4, -0.2) is 115 Å². The number of hydrogen-bond donors (Lipinski definition) is 2. The van der Waals surface area contributed by atoms with Crippen molar-refractivity contribution in [3.63, 3.8) is 0 Å². The van der Waals surface area contributed by atoms with E-state index < -0.39 is 0 Å². The maximum absolute atomic E-state index is 8.25. The number of aromatic nitrogens is 8. The summed E-state index contributed by atoms with van der Waals surface area (Å²) < 4.78 is 0. The van der Waals surface area contributed by atoms with Gasteiger partial charge in [0.15, 0.2) is 0 Å². The molecule has 8 heterocycles. The van der Waals surface area contributed by atoms with Gasteiger partial charge in [0.25, 0.3) is 0 Å². The molecule has 10 N–H and O–H groups in total. The van der Waals surface area contributed by atoms with Crippen LogP contribution in [0.2, 0.25) is 0 Å². The summed E-state index contributed by atoms with van der Waals surface area (Å²) in [6, 6.07) is 48.6. The predicted molar refractivity (Wildman–Crippen MR) is 291 cm³/mol. The van der Waals surface area contributed by atoms with E-state index in [1.807, 2.05) is 48.5 Å². The van der Waals surface area contributed by atoms with Crippen molar-refractivity contribution in [2.24, 2.45) is 0 Å². The van der Waals surface area contributed by atoms with Crippen molar-refractivity contribution in [2.75, 3.05) is 42.7 Å². The van der Waals surface area contributed by atoms with Gasteiger partial charge in [-0.15, -0.1) is 0 Å². The number of pyridine rings is 8. The Hall–Kier alpha value is -5.21. The SMILES string of the molecule is CO.CO.C[O-].C[O-].C[O-].C[O-].O.O.O.O.[O-2].[O-2].[O-2].[O-2].[O-2].[O-2].[O-2].[O-2].[O-2].[O-2].[O-2].[O-2].[V+4].[V+4].[V].[V].[V].[V].c1cnc2c(c1)ccc1cccnc12.c1cnc2c(c1)ccc1cccnc12.c1cnc2c(c1)ccc1cccnc12.c1cnc2c(c1)ccc1cccnc12. The van der Waals surface area contributed by atoms with E-state index in [4.69, 9.17) is 30.6 Å². The fourth-order valence-electron chi connectivity index (χ4n) is 6.72. The van der Waals surface area contributed by atoms with Crippen LogP contribution in [0.25, 0.3) is 87.2 Å². The van der Waals surface area contributed by atoms with Crippen LogP contribution >= 0.6 is 0 Å². The molecule has 0 bridgehead atoms. The zero-order valence-electron chi connectivity index (χ0n) is 48.2. The first kappa shape index (κ1) is 142. The molecule has 6 radical (unpaired) electrons. The molecule has 0 fully saturated rings. The third kappa shape index (κ3) is 39.2. The second-order valence-electron chi connectivity index (χ2n) is 12.9. The van der Waals surface area contributed by atoms with Crippen molar-refractivity contribution in [3.8, 4) is 0 Å². The van der Waals surface area contributed by atoms with Crippen LogP contribution in [0.15, 0.2) is 195 Å². The number of aliphatic hydroxyl groups excluding tert-OH is 2. The Bertz CT molecular complexity index is 2740. The third-order valence-electron chi connectivity index (χ3n) is 9.38. The molecule has 12 rings (SSSR count). The molecule has 36 heteroatoms. The Balaban J connectivity index is -0.0000000354. The van der Waals surface area contributed by atoms with Crippen molar-refractivity contribution in [2.45, 2.75) is 0 Å².